The molecule has 5 aromatic carbocycles. The van der Waals surface area contributed by atoms with Crippen LogP contribution in [0.5, 0.6) is 0 Å². The van der Waals surface area contributed by atoms with Crippen molar-refractivity contribution in [2.75, 3.05) is 50.0 Å². The summed E-state index contributed by atoms with van der Waals surface area (Å²) >= 11 is 0. The number of carbonyl (C=O) groups is 8. The molecule has 2 unspecified atom stereocenters. The van der Waals surface area contributed by atoms with Crippen molar-refractivity contribution in [1.82, 2.24) is 31.9 Å². The molecule has 2 fully saturated rings. The average molecular weight is 1330 g/mol. The van der Waals surface area contributed by atoms with Crippen molar-refractivity contribution in [3.63, 3.8) is 0 Å². The van der Waals surface area contributed by atoms with Crippen LogP contribution in [0.1, 0.15) is 63.5 Å². The van der Waals surface area contributed by atoms with Crippen molar-refractivity contribution in [3.05, 3.63) is 145 Å². The van der Waals surface area contributed by atoms with E-state index in [0.717, 1.165) is 47.2 Å². The summed E-state index contributed by atoms with van der Waals surface area (Å²) in [5, 5.41) is 109. The monoisotopic (exact) mass is 1330 g/mol. The molecule has 0 aromatic heterocycles. The van der Waals surface area contributed by atoms with E-state index in [4.69, 9.17) is 18.9 Å². The van der Waals surface area contributed by atoms with Gasteiger partial charge < -0.3 is 102 Å². The van der Waals surface area contributed by atoms with Crippen LogP contribution < -0.4 is 72.1 Å². The molecule has 2 aliphatic rings. The number of hydrogen-bond donors (Lipinski definition) is 16. The van der Waals surface area contributed by atoms with Crippen LogP contribution in [0, 0.1) is 0 Å². The molecule has 0 saturated carbocycles. The van der Waals surface area contributed by atoms with E-state index in [2.05, 4.69) is 42.5 Å². The number of nitrogens with one attached hydrogen (secondary N) is 8. The van der Waals surface area contributed by atoms with Crippen LogP contribution in [0.4, 0.5) is 11.4 Å². The number of aliphatic hydroxyl groups is 6. The van der Waals surface area contributed by atoms with E-state index < -0.39 is 146 Å². The first-order valence-electron chi connectivity index (χ1n) is 30.6. The Balaban J connectivity index is 0.0000143. The van der Waals surface area contributed by atoms with Crippen LogP contribution in [-0.2, 0) is 70.4 Å². The van der Waals surface area contributed by atoms with Gasteiger partial charge in [-0.15, -0.1) is 0 Å². The molecule has 2 heterocycles. The second kappa shape index (κ2) is 37.0. The molecular formula is C66H82N8NaO20+. The van der Waals surface area contributed by atoms with Gasteiger partial charge in [0, 0.05) is 90.2 Å². The zero-order valence-corrected chi connectivity index (χ0v) is 54.9. The van der Waals surface area contributed by atoms with Gasteiger partial charge in [0.15, 0.2) is 0 Å². The molecule has 29 heteroatoms. The molecule has 12 atom stereocenters. The Labute approximate surface area is 570 Å². The van der Waals surface area contributed by atoms with Crippen molar-refractivity contribution in [2.24, 2.45) is 0 Å². The molecule has 16 N–H and O–H groups in total. The van der Waals surface area contributed by atoms with E-state index in [-0.39, 0.29) is 94.5 Å². The predicted octanol–water partition coefficient (Wildman–Crippen LogP) is -2.38. The summed E-state index contributed by atoms with van der Waals surface area (Å²) in [6.07, 6.45) is -15.2. The van der Waals surface area contributed by atoms with Gasteiger partial charge in [0.1, 0.15) is 37.6 Å². The minimum absolute atomic E-state index is 0. The van der Waals surface area contributed by atoms with E-state index in [0.29, 0.717) is 11.4 Å². The summed E-state index contributed by atoms with van der Waals surface area (Å²) in [5.41, 5.74) is 6.53. The zero-order chi connectivity index (χ0) is 68.0. The Morgan fingerprint density at radius 2 is 0.832 bits per heavy atom. The maximum atomic E-state index is 12.9. The summed E-state index contributed by atoms with van der Waals surface area (Å²) in [4.78, 5) is 101. The first kappa shape index (κ1) is 76.4. The standard InChI is InChI=1S/C66H82N8O20.Na/c1-39(75)71-57-49(77)31-65(63(87)88,93-61(57)59(85)51(79)35-67-33-41-17-21-45(22-18-41)43-11-5-3-6-12-43)91-37-55(83)69-29-9-15-53(81)73-47-25-27-48(28-26-47)74-54(82)16-10-30-70-56(84)38-92-66(64(89)90)32-50(78)58(72-40(2)76)62(94-66)60(86)52(80)36-68-34-42-19-23-46(24-20-42)44-13-7-4-8-14-44;/h3-8,11-14,17-28,49-52,57-62,67-68,77-80,85-86H,9-10,15-16,29-38H2,1-2H3,(H,69,83)(H,70,84)(H,71,75)(H,72,76)(H,73,81)(H,74,82)(H,87,88)(H,89,90);/q;+1/t49-,50-,51+,52+,57+,58+,59?,60?,61+,62+,65+,66+;/m0./s1. The molecule has 506 valence electrons. The molecule has 5 aromatic rings. The Hall–Kier alpha value is -7.62. The first-order chi connectivity index (χ1) is 44.9. The summed E-state index contributed by atoms with van der Waals surface area (Å²) in [6, 6.07) is 38.1. The predicted molar refractivity (Wildman–Crippen MR) is 338 cm³/mol. The Morgan fingerprint density at radius 1 is 0.495 bits per heavy atom. The number of ether oxygens (including phenoxy) is 4. The van der Waals surface area contributed by atoms with Gasteiger partial charge in [-0.3, -0.25) is 28.8 Å². The van der Waals surface area contributed by atoms with Crippen molar-refractivity contribution < 1.29 is 128 Å². The fourth-order valence-corrected chi connectivity index (χ4v) is 10.7. The van der Waals surface area contributed by atoms with Gasteiger partial charge in [0.25, 0.3) is 11.6 Å². The fourth-order valence-electron chi connectivity index (χ4n) is 10.7. The zero-order valence-electron chi connectivity index (χ0n) is 52.9. The van der Waals surface area contributed by atoms with E-state index in [1.807, 2.05) is 109 Å². The fraction of sp³-hybridized carbons (Fsp3) is 0.424. The van der Waals surface area contributed by atoms with Gasteiger partial charge in [-0.2, -0.15) is 0 Å². The Morgan fingerprint density at radius 3 is 1.16 bits per heavy atom. The molecule has 0 bridgehead atoms. The second-order valence-corrected chi connectivity index (χ2v) is 22.9. The summed E-state index contributed by atoms with van der Waals surface area (Å²) < 4.78 is 22.5. The second-order valence-electron chi connectivity index (χ2n) is 22.9. The number of carboxylic acid groups (broad SMARTS) is 2. The first-order valence-corrected chi connectivity index (χ1v) is 30.6. The third kappa shape index (κ3) is 22.8. The van der Waals surface area contributed by atoms with E-state index in [9.17, 15) is 79.2 Å². The van der Waals surface area contributed by atoms with Gasteiger partial charge >= 0.3 is 41.5 Å². The molecular weight excluding hydrogens is 1250 g/mol. The minimum atomic E-state index is -2.70. The molecule has 6 amide bonds. The Kier molecular flexibility index (Phi) is 29.8. The third-order valence-electron chi connectivity index (χ3n) is 15.6. The maximum Gasteiger partial charge on any atom is 1.00 e. The van der Waals surface area contributed by atoms with Crippen LogP contribution in [0.3, 0.4) is 0 Å². The Bertz CT molecular complexity index is 3110. The number of benzene rings is 5. The third-order valence-corrected chi connectivity index (χ3v) is 15.6. The summed E-state index contributed by atoms with van der Waals surface area (Å²) in [7, 11) is 0. The molecule has 7 rings (SSSR count). The normalized spacial score (nSPS) is 22.0. The van der Waals surface area contributed by atoms with Crippen molar-refractivity contribution in [1.29, 1.82) is 0 Å². The van der Waals surface area contributed by atoms with E-state index in [1.54, 1.807) is 0 Å². The molecule has 2 aliphatic heterocycles. The molecule has 0 spiro atoms. The number of amides is 6. The number of carboxylic acids is 2. The van der Waals surface area contributed by atoms with Crippen molar-refractivity contribution in [2.45, 2.75) is 138 Å². The molecule has 0 radical (unpaired) electrons. The summed E-state index contributed by atoms with van der Waals surface area (Å²) in [5.74, 6) is -12.7. The number of aliphatic carboxylic acids is 2. The SMILES string of the molecule is CC(=O)N[C@@H]1[C@@H](O)C[C@](OCC(=O)NCCCC(=O)Nc2ccc(NC(=O)CCCNC(=O)CO[C@]3(C(=O)O)C[C@H](O)[C@@H](NC(C)=O)[C@H](C(O)[C@H](O)CNCc4ccc(-c5ccccc5)cc4)O3)cc2)(C(=O)O)O[C@H]1C(O)[C@H](O)CNCc1ccc(-c2ccccc2)cc1.[Na+]. The summed E-state index contributed by atoms with van der Waals surface area (Å²) in [6.45, 7) is 0.493. The van der Waals surface area contributed by atoms with Crippen LogP contribution in [0.25, 0.3) is 22.3 Å². The number of carbonyl (C=O) groups excluding carboxylic acids is 6. The number of hydrogen-bond acceptors (Lipinski definition) is 20. The molecule has 28 nitrogen and oxygen atoms in total. The molecule has 2 saturated heterocycles. The number of aliphatic hydroxyl groups excluding tert-OH is 6. The van der Waals surface area contributed by atoms with Gasteiger partial charge in [-0.05, 0) is 70.5 Å². The van der Waals surface area contributed by atoms with Gasteiger partial charge in [-0.25, -0.2) is 9.59 Å². The molecule has 0 aliphatic carbocycles. The number of rotatable bonds is 34. The number of anilines is 2. The minimum Gasteiger partial charge on any atom is -0.477 e. The van der Waals surface area contributed by atoms with Crippen molar-refractivity contribution in [3.8, 4) is 22.3 Å². The van der Waals surface area contributed by atoms with Crippen molar-refractivity contribution >= 4 is 58.8 Å². The van der Waals surface area contributed by atoms with E-state index in [1.165, 1.54) is 24.3 Å². The largest absolute Gasteiger partial charge is 1.00 e. The van der Waals surface area contributed by atoms with Gasteiger partial charge in [0.05, 0.1) is 36.5 Å². The van der Waals surface area contributed by atoms with E-state index >= 15 is 0 Å². The van der Waals surface area contributed by atoms with Crippen LogP contribution in [-0.4, -0.2) is 200 Å². The maximum absolute atomic E-state index is 12.9. The average Bonchev–Trinajstić information content (AvgIpc) is 0.806. The van der Waals surface area contributed by atoms with Crippen LogP contribution in [0.2, 0.25) is 0 Å². The smallest absolute Gasteiger partial charge is 0.477 e. The quantitative estimate of drug-likeness (QED) is 0.0151. The molecule has 95 heavy (non-hydrogen) atoms. The van der Waals surface area contributed by atoms with Gasteiger partial charge in [-0.1, -0.05) is 109 Å². The van der Waals surface area contributed by atoms with Crippen LogP contribution in [0.15, 0.2) is 133 Å². The van der Waals surface area contributed by atoms with Gasteiger partial charge in [0.2, 0.25) is 35.4 Å². The van der Waals surface area contributed by atoms with Crippen LogP contribution >= 0.6 is 0 Å². The topological polar surface area (TPSA) is 432 Å².